The van der Waals surface area contributed by atoms with Crippen molar-refractivity contribution in [2.24, 2.45) is 0 Å². The van der Waals surface area contributed by atoms with Crippen LogP contribution < -0.4 is 0 Å². The van der Waals surface area contributed by atoms with E-state index in [0.29, 0.717) is 5.31 Å². The highest BCUT2D eigenvalue weighted by Crippen LogP contribution is 2.53. The Morgan fingerprint density at radius 2 is 1.00 bits per heavy atom. The second-order valence-corrected chi connectivity index (χ2v) is 13.1. The lowest BCUT2D eigenvalue weighted by atomic mass is 10.8. The molecular formula is C20H43O12P4+. The predicted molar refractivity (Wildman–Crippen MR) is 145 cm³/mol. The molecule has 0 saturated heterocycles. The van der Waals surface area contributed by atoms with Gasteiger partial charge < -0.3 is 27.1 Å². The Kier molecular flexibility index (Phi) is 36.2. The zero-order valence-electron chi connectivity index (χ0n) is 23.3. The summed E-state index contributed by atoms with van der Waals surface area (Å²) in [6.07, 6.45) is 7.86. The average Bonchev–Trinajstić information content (AvgIpc) is 2.89. The van der Waals surface area contributed by atoms with E-state index < -0.39 is 31.0 Å². The zero-order valence-corrected chi connectivity index (χ0v) is 26.9. The fraction of sp³-hybridized carbons (Fsp3) is 0.600. The largest absolute Gasteiger partial charge is 0.696 e. The Morgan fingerprint density at radius 1 is 0.750 bits per heavy atom. The molecule has 0 fully saturated rings. The molecule has 0 radical (unpaired) electrons. The highest BCUT2D eigenvalue weighted by atomic mass is 31.2. The molecule has 0 aromatic rings. The molecule has 0 amide bonds. The molecule has 0 bridgehead atoms. The second-order valence-electron chi connectivity index (χ2n) is 5.25. The first-order valence-electron chi connectivity index (χ1n) is 9.66. The molecule has 12 nitrogen and oxygen atoms in total. The Labute approximate surface area is 218 Å². The van der Waals surface area contributed by atoms with Crippen molar-refractivity contribution in [1.82, 2.24) is 0 Å². The predicted octanol–water partition coefficient (Wildman–Crippen LogP) is 7.59. The number of allylic oxidation sites excluding steroid dienone is 3. The van der Waals surface area contributed by atoms with Crippen molar-refractivity contribution >= 4 is 31.0 Å². The minimum atomic E-state index is -2.95. The van der Waals surface area contributed by atoms with E-state index >= 15 is 0 Å². The van der Waals surface area contributed by atoms with Crippen molar-refractivity contribution in [2.75, 3.05) is 56.9 Å². The molecule has 0 N–H and O–H groups in total. The van der Waals surface area contributed by atoms with E-state index in [-0.39, 0.29) is 0 Å². The Hall–Kier alpha value is -0.750. The minimum absolute atomic E-state index is 0.424. The van der Waals surface area contributed by atoms with Gasteiger partial charge in [0.15, 0.2) is 0 Å². The molecule has 0 spiro atoms. The van der Waals surface area contributed by atoms with Gasteiger partial charge in [-0.3, -0.25) is 13.7 Å². The first-order valence-corrected chi connectivity index (χ1v) is 15.5. The summed E-state index contributed by atoms with van der Waals surface area (Å²) in [4.78, 5) is 0. The van der Waals surface area contributed by atoms with E-state index in [2.05, 4.69) is 55.1 Å². The summed E-state index contributed by atoms with van der Waals surface area (Å²) in [6.45, 7) is 10.2. The lowest BCUT2D eigenvalue weighted by Crippen LogP contribution is -1.87. The van der Waals surface area contributed by atoms with Crippen molar-refractivity contribution < 1.29 is 54.5 Å². The SMILES string of the molecule is C#CC.C/C=C/P(=O)(OC)OC.C/C=C\P(=O)(OC)OC.C=C(C)P(=O)(OC)OC.CO[P+](=O)OC. The quantitative estimate of drug-likeness (QED) is 0.170. The van der Waals surface area contributed by atoms with E-state index in [1.165, 1.54) is 68.5 Å². The minimum Gasteiger partial charge on any atom is -0.309 e. The highest BCUT2D eigenvalue weighted by Gasteiger charge is 2.21. The third-order valence-electron chi connectivity index (χ3n) is 2.93. The lowest BCUT2D eigenvalue weighted by molar-refractivity contribution is 0.283. The molecule has 16 heteroatoms. The van der Waals surface area contributed by atoms with Gasteiger partial charge >= 0.3 is 31.0 Å². The summed E-state index contributed by atoms with van der Waals surface area (Å²) in [5, 5.41) is 0.424. The van der Waals surface area contributed by atoms with Crippen molar-refractivity contribution in [3.05, 3.63) is 35.7 Å². The van der Waals surface area contributed by atoms with Crippen LogP contribution >= 0.6 is 31.0 Å². The first-order chi connectivity index (χ1) is 16.7. The third kappa shape index (κ3) is 27.8. The molecule has 0 aliphatic rings. The van der Waals surface area contributed by atoms with Gasteiger partial charge in [0.1, 0.15) is 0 Å². The monoisotopic (exact) mass is 599 g/mol. The van der Waals surface area contributed by atoms with E-state index in [1.54, 1.807) is 39.8 Å². The summed E-state index contributed by atoms with van der Waals surface area (Å²) >= 11 is 0. The fourth-order valence-electron chi connectivity index (χ4n) is 1.22. The molecule has 0 atom stereocenters. The fourth-order valence-corrected chi connectivity index (χ4v) is 3.66. The van der Waals surface area contributed by atoms with Gasteiger partial charge in [-0.2, -0.15) is 0 Å². The molecule has 0 aliphatic heterocycles. The number of terminal acetylenes is 1. The highest BCUT2D eigenvalue weighted by molar-refractivity contribution is 7.58. The third-order valence-corrected chi connectivity index (χ3v) is 8.78. The van der Waals surface area contributed by atoms with Crippen LogP contribution in [0.15, 0.2) is 35.7 Å². The van der Waals surface area contributed by atoms with Gasteiger partial charge in [0.2, 0.25) is 0 Å². The Bertz CT molecular complexity index is 739. The van der Waals surface area contributed by atoms with Crippen molar-refractivity contribution in [1.29, 1.82) is 0 Å². The van der Waals surface area contributed by atoms with Gasteiger partial charge in [-0.05, 0) is 27.7 Å². The second kappa shape index (κ2) is 28.8. The smallest absolute Gasteiger partial charge is 0.309 e. The Morgan fingerprint density at radius 3 is 1.03 bits per heavy atom. The number of rotatable bonds is 11. The van der Waals surface area contributed by atoms with Crippen LogP contribution in [0.5, 0.6) is 0 Å². The van der Waals surface area contributed by atoms with E-state index in [1.807, 2.05) is 0 Å². The molecule has 0 aromatic heterocycles. The van der Waals surface area contributed by atoms with Crippen LogP contribution in [-0.2, 0) is 54.5 Å². The summed E-state index contributed by atoms with van der Waals surface area (Å²) < 4.78 is 78.9. The molecule has 0 aromatic carbocycles. The van der Waals surface area contributed by atoms with Gasteiger partial charge in [-0.1, -0.05) is 18.7 Å². The van der Waals surface area contributed by atoms with Crippen molar-refractivity contribution in [3.8, 4) is 12.3 Å². The van der Waals surface area contributed by atoms with Crippen molar-refractivity contribution in [3.63, 3.8) is 0 Å². The van der Waals surface area contributed by atoms with Gasteiger partial charge in [0.25, 0.3) is 0 Å². The van der Waals surface area contributed by atoms with Crippen LogP contribution in [0.2, 0.25) is 0 Å². The maximum Gasteiger partial charge on any atom is 0.696 e. The van der Waals surface area contributed by atoms with Gasteiger partial charge in [0.05, 0.1) is 14.2 Å². The lowest BCUT2D eigenvalue weighted by Gasteiger charge is -2.11. The summed E-state index contributed by atoms with van der Waals surface area (Å²) in [6, 6.07) is 0. The van der Waals surface area contributed by atoms with E-state index in [0.717, 1.165) is 0 Å². The number of hydrogen-bond donors (Lipinski definition) is 0. The summed E-state index contributed by atoms with van der Waals surface area (Å²) in [5.41, 5.74) is 0. The van der Waals surface area contributed by atoms with Gasteiger partial charge in [-0.25, -0.2) is 0 Å². The van der Waals surface area contributed by atoms with Crippen LogP contribution in [-0.4, -0.2) is 56.9 Å². The average molecular weight is 599 g/mol. The molecule has 214 valence electrons. The zero-order chi connectivity index (χ0) is 29.8. The molecule has 0 saturated carbocycles. The van der Waals surface area contributed by atoms with Crippen LogP contribution in [0.1, 0.15) is 27.7 Å². The topological polar surface area (TPSA) is 142 Å². The molecule has 0 unspecified atom stereocenters. The Balaban J connectivity index is -0.000000115. The molecule has 36 heavy (non-hydrogen) atoms. The normalized spacial score (nSPS) is 10.9. The van der Waals surface area contributed by atoms with Crippen molar-refractivity contribution in [2.45, 2.75) is 27.7 Å². The van der Waals surface area contributed by atoms with Gasteiger partial charge in [-0.15, -0.1) is 21.4 Å². The van der Waals surface area contributed by atoms with Crippen LogP contribution in [0.4, 0.5) is 0 Å². The van der Waals surface area contributed by atoms with Gasteiger partial charge in [0, 0.05) is 64.2 Å². The number of hydrogen-bond acceptors (Lipinski definition) is 12. The van der Waals surface area contributed by atoms with Crippen LogP contribution in [0.3, 0.4) is 0 Å². The molecule has 0 rings (SSSR count). The van der Waals surface area contributed by atoms with Crippen LogP contribution in [0.25, 0.3) is 0 Å². The standard InChI is InChI=1S/3C5H11O3P.C3H4.C2H6O3P/c1-5(2)9(6,7-3)8-4;2*1-4-5-9(6,7-2)8-3;1-3-2;1-4-6(3)5-2/h1H2,2-4H3;2*4-5H,1-3H3;1H,2H3;1-2H3/q;;;;+1/b;5-4+;5-4-;;. The summed E-state index contributed by atoms with van der Waals surface area (Å²) in [5.74, 6) is 5.07. The van der Waals surface area contributed by atoms with Crippen LogP contribution in [0, 0.1) is 12.3 Å². The maximum absolute atomic E-state index is 11.1. The molecule has 0 heterocycles. The van der Waals surface area contributed by atoms with E-state index in [9.17, 15) is 18.3 Å². The molecular weight excluding hydrogens is 556 g/mol. The molecule has 0 aliphatic carbocycles. The maximum atomic E-state index is 11.1. The summed E-state index contributed by atoms with van der Waals surface area (Å²) in [7, 11) is 0.217. The van der Waals surface area contributed by atoms with E-state index in [4.69, 9.17) is 0 Å². The first kappa shape index (κ1) is 45.2.